The number of aromatic carboxylic acids is 1. The molecular formula is C13H9N3O2. The van der Waals surface area contributed by atoms with Crippen LogP contribution in [0.15, 0.2) is 48.8 Å². The molecule has 0 aliphatic carbocycles. The minimum absolute atomic E-state index is 0.264. The lowest BCUT2D eigenvalue weighted by Gasteiger charge is -2.01. The molecule has 0 atom stereocenters. The molecule has 3 rings (SSSR count). The first-order valence-corrected chi connectivity index (χ1v) is 5.38. The Morgan fingerprint density at radius 3 is 2.67 bits per heavy atom. The van der Waals surface area contributed by atoms with Crippen LogP contribution in [0.1, 0.15) is 10.4 Å². The molecule has 2 aromatic heterocycles. The van der Waals surface area contributed by atoms with Gasteiger partial charge >= 0.3 is 5.97 Å². The largest absolute Gasteiger partial charge is 0.478 e. The first kappa shape index (κ1) is 10.5. The van der Waals surface area contributed by atoms with E-state index in [2.05, 4.69) is 10.1 Å². The Labute approximate surface area is 102 Å². The number of imidazole rings is 1. The van der Waals surface area contributed by atoms with Crippen LogP contribution in [0.3, 0.4) is 0 Å². The summed E-state index contributed by atoms with van der Waals surface area (Å²) in [6.45, 7) is 0. The number of hydrogen-bond donors (Lipinski definition) is 1. The summed E-state index contributed by atoms with van der Waals surface area (Å²) in [5.74, 6) is -0.933. The predicted molar refractivity (Wildman–Crippen MR) is 65.4 cm³/mol. The predicted octanol–water partition coefficient (Wildman–Crippen LogP) is 2.09. The van der Waals surface area contributed by atoms with Gasteiger partial charge in [-0.15, -0.1) is 0 Å². The van der Waals surface area contributed by atoms with Crippen molar-refractivity contribution < 1.29 is 9.90 Å². The average molecular weight is 239 g/mol. The Morgan fingerprint density at radius 2 is 1.94 bits per heavy atom. The Morgan fingerprint density at radius 1 is 1.17 bits per heavy atom. The number of hydrogen-bond acceptors (Lipinski definition) is 3. The van der Waals surface area contributed by atoms with Gasteiger partial charge in [-0.05, 0) is 24.3 Å². The summed E-state index contributed by atoms with van der Waals surface area (Å²) in [6.07, 6.45) is 3.40. The lowest BCUT2D eigenvalue weighted by molar-refractivity contribution is 0.0697. The Balaban J connectivity index is 2.12. The highest BCUT2D eigenvalue weighted by molar-refractivity contribution is 5.88. The van der Waals surface area contributed by atoms with Gasteiger partial charge < -0.3 is 5.11 Å². The zero-order chi connectivity index (χ0) is 12.5. The summed E-state index contributed by atoms with van der Waals surface area (Å²) in [4.78, 5) is 15.0. The van der Waals surface area contributed by atoms with Crippen LogP contribution in [-0.4, -0.2) is 25.7 Å². The molecule has 5 nitrogen and oxygen atoms in total. The molecule has 3 aromatic rings. The summed E-state index contributed by atoms with van der Waals surface area (Å²) < 4.78 is 1.72. The molecule has 0 fully saturated rings. The molecule has 2 heterocycles. The number of carboxylic acids is 1. The van der Waals surface area contributed by atoms with Crippen molar-refractivity contribution in [3.63, 3.8) is 0 Å². The zero-order valence-corrected chi connectivity index (χ0v) is 9.32. The summed E-state index contributed by atoms with van der Waals surface area (Å²) >= 11 is 0. The van der Waals surface area contributed by atoms with Crippen molar-refractivity contribution in [2.45, 2.75) is 0 Å². The molecule has 0 saturated heterocycles. The molecule has 0 aliphatic rings. The number of rotatable bonds is 2. The second-order valence-electron chi connectivity index (χ2n) is 3.82. The molecule has 1 aromatic carbocycles. The van der Waals surface area contributed by atoms with E-state index in [4.69, 9.17) is 5.11 Å². The summed E-state index contributed by atoms with van der Waals surface area (Å²) in [5.41, 5.74) is 2.74. The fourth-order valence-corrected chi connectivity index (χ4v) is 1.81. The third-order valence-electron chi connectivity index (χ3n) is 2.71. The molecule has 0 amide bonds. The van der Waals surface area contributed by atoms with Crippen molar-refractivity contribution in [2.75, 3.05) is 0 Å². The van der Waals surface area contributed by atoms with Crippen LogP contribution in [0, 0.1) is 0 Å². The van der Waals surface area contributed by atoms with Gasteiger partial charge in [-0.1, -0.05) is 12.1 Å². The number of fused-ring (bicyclic) bond motifs is 1. The second-order valence-corrected chi connectivity index (χ2v) is 3.82. The van der Waals surface area contributed by atoms with Crippen LogP contribution in [0.4, 0.5) is 0 Å². The van der Waals surface area contributed by atoms with E-state index >= 15 is 0 Å². The van der Waals surface area contributed by atoms with Crippen molar-refractivity contribution in [1.29, 1.82) is 0 Å². The molecule has 1 N–H and O–H groups in total. The Bertz CT molecular complexity index is 716. The van der Waals surface area contributed by atoms with Crippen molar-refractivity contribution >= 4 is 11.6 Å². The number of aromatic nitrogens is 3. The van der Waals surface area contributed by atoms with E-state index in [-0.39, 0.29) is 5.56 Å². The minimum atomic E-state index is -0.933. The van der Waals surface area contributed by atoms with E-state index in [9.17, 15) is 4.79 Å². The van der Waals surface area contributed by atoms with Crippen molar-refractivity contribution in [2.24, 2.45) is 0 Å². The maximum Gasteiger partial charge on any atom is 0.335 e. The number of carbonyl (C=O) groups is 1. The quantitative estimate of drug-likeness (QED) is 0.743. The third-order valence-corrected chi connectivity index (χ3v) is 2.71. The Hall–Kier alpha value is -2.69. The van der Waals surface area contributed by atoms with Crippen LogP contribution in [0.2, 0.25) is 0 Å². The monoisotopic (exact) mass is 239 g/mol. The highest BCUT2D eigenvalue weighted by Crippen LogP contribution is 2.20. The maximum atomic E-state index is 10.8. The van der Waals surface area contributed by atoms with E-state index in [0.29, 0.717) is 0 Å². The van der Waals surface area contributed by atoms with Gasteiger partial charge in [0, 0.05) is 11.8 Å². The SMILES string of the molecule is O=C(O)c1ccc(-c2cnc3cccnn23)cc1. The third kappa shape index (κ3) is 1.62. The lowest BCUT2D eigenvalue weighted by atomic mass is 10.1. The van der Waals surface area contributed by atoms with Crippen molar-refractivity contribution in [3.8, 4) is 11.3 Å². The number of carboxylic acid groups (broad SMARTS) is 1. The van der Waals surface area contributed by atoms with Crippen LogP contribution in [0.25, 0.3) is 16.9 Å². The lowest BCUT2D eigenvalue weighted by Crippen LogP contribution is -1.96. The van der Waals surface area contributed by atoms with E-state index < -0.39 is 5.97 Å². The van der Waals surface area contributed by atoms with Crippen LogP contribution in [-0.2, 0) is 0 Å². The molecular weight excluding hydrogens is 230 g/mol. The summed E-state index contributed by atoms with van der Waals surface area (Å²) in [7, 11) is 0. The van der Waals surface area contributed by atoms with E-state index in [1.807, 2.05) is 12.1 Å². The molecule has 0 unspecified atom stereocenters. The van der Waals surface area contributed by atoms with E-state index in [1.54, 1.807) is 41.2 Å². The first-order chi connectivity index (χ1) is 8.75. The minimum Gasteiger partial charge on any atom is -0.478 e. The van der Waals surface area contributed by atoms with Crippen LogP contribution >= 0.6 is 0 Å². The molecule has 0 aliphatic heterocycles. The number of benzene rings is 1. The molecule has 88 valence electrons. The van der Waals surface area contributed by atoms with Gasteiger partial charge in [0.05, 0.1) is 17.5 Å². The van der Waals surface area contributed by atoms with Crippen LogP contribution < -0.4 is 0 Å². The van der Waals surface area contributed by atoms with Gasteiger partial charge in [-0.2, -0.15) is 5.10 Å². The second kappa shape index (κ2) is 3.96. The molecule has 0 saturated carbocycles. The highest BCUT2D eigenvalue weighted by Gasteiger charge is 2.07. The van der Waals surface area contributed by atoms with Gasteiger partial charge in [0.15, 0.2) is 5.65 Å². The molecule has 0 radical (unpaired) electrons. The van der Waals surface area contributed by atoms with Gasteiger partial charge in [0.25, 0.3) is 0 Å². The van der Waals surface area contributed by atoms with Gasteiger partial charge in [-0.25, -0.2) is 14.3 Å². The van der Waals surface area contributed by atoms with Crippen molar-refractivity contribution in [3.05, 3.63) is 54.4 Å². The molecule has 5 heteroatoms. The highest BCUT2D eigenvalue weighted by atomic mass is 16.4. The van der Waals surface area contributed by atoms with E-state index in [1.165, 1.54) is 0 Å². The van der Waals surface area contributed by atoms with Gasteiger partial charge in [0.1, 0.15) is 0 Å². The fraction of sp³-hybridized carbons (Fsp3) is 0. The average Bonchev–Trinajstić information content (AvgIpc) is 2.82. The first-order valence-electron chi connectivity index (χ1n) is 5.38. The molecule has 18 heavy (non-hydrogen) atoms. The Kier molecular flexibility index (Phi) is 2.30. The van der Waals surface area contributed by atoms with Crippen molar-refractivity contribution in [1.82, 2.24) is 14.6 Å². The van der Waals surface area contributed by atoms with Crippen LogP contribution in [0.5, 0.6) is 0 Å². The van der Waals surface area contributed by atoms with Gasteiger partial charge in [-0.3, -0.25) is 0 Å². The summed E-state index contributed by atoms with van der Waals surface area (Å²) in [6, 6.07) is 10.3. The smallest absolute Gasteiger partial charge is 0.335 e. The summed E-state index contributed by atoms with van der Waals surface area (Å²) in [5, 5.41) is 13.1. The fourth-order valence-electron chi connectivity index (χ4n) is 1.81. The van der Waals surface area contributed by atoms with Gasteiger partial charge in [0.2, 0.25) is 0 Å². The maximum absolute atomic E-state index is 10.8. The zero-order valence-electron chi connectivity index (χ0n) is 9.32. The van der Waals surface area contributed by atoms with E-state index in [0.717, 1.165) is 16.9 Å². The topological polar surface area (TPSA) is 67.5 Å². The number of nitrogens with zero attached hydrogens (tertiary/aromatic N) is 3. The standard InChI is InChI=1S/C13H9N3O2/c17-13(18)10-5-3-9(4-6-10)11-8-14-12-2-1-7-15-16(11)12/h1-8H,(H,17,18). The molecule has 0 spiro atoms. The molecule has 0 bridgehead atoms. The normalized spacial score (nSPS) is 10.7.